The van der Waals surface area contributed by atoms with Gasteiger partial charge < -0.3 is 16.0 Å². The highest BCUT2D eigenvalue weighted by molar-refractivity contribution is 4.83. The van der Waals surface area contributed by atoms with Gasteiger partial charge in [-0.2, -0.15) is 0 Å². The molecule has 3 N–H and O–H groups in total. The van der Waals surface area contributed by atoms with Crippen LogP contribution in [0.15, 0.2) is 0 Å². The number of piperazine rings is 1. The second kappa shape index (κ2) is 4.40. The van der Waals surface area contributed by atoms with Gasteiger partial charge in [-0.3, -0.25) is 0 Å². The summed E-state index contributed by atoms with van der Waals surface area (Å²) in [5.74, 6) is 0. The molecule has 0 aliphatic carbocycles. The van der Waals surface area contributed by atoms with Crippen molar-refractivity contribution in [1.29, 1.82) is 0 Å². The zero-order valence-corrected chi connectivity index (χ0v) is 9.14. The molecule has 0 aromatic carbocycles. The predicted molar refractivity (Wildman–Crippen MR) is 56.7 cm³/mol. The number of rotatable bonds is 3. The fraction of sp³-hybridized carbons (Fsp3) is 1.00. The molecule has 1 aliphatic rings. The van der Waals surface area contributed by atoms with E-state index in [-0.39, 0.29) is 11.5 Å². The molecule has 0 saturated carbocycles. The first kappa shape index (κ1) is 11.0. The molecule has 1 saturated heterocycles. The molecule has 78 valence electrons. The molecule has 3 nitrogen and oxygen atoms in total. The maximum atomic E-state index is 5.95. The molecular weight excluding hydrogens is 162 g/mol. The lowest BCUT2D eigenvalue weighted by Gasteiger charge is -2.37. The fourth-order valence-electron chi connectivity index (χ4n) is 1.59. The summed E-state index contributed by atoms with van der Waals surface area (Å²) in [5.41, 5.74) is 6.18. The topological polar surface area (TPSA) is 41.3 Å². The van der Waals surface area contributed by atoms with E-state index in [1.165, 1.54) is 0 Å². The maximum absolute atomic E-state index is 5.95. The van der Waals surface area contributed by atoms with Gasteiger partial charge in [0.2, 0.25) is 0 Å². The van der Waals surface area contributed by atoms with Crippen molar-refractivity contribution in [2.45, 2.75) is 26.8 Å². The number of hydrogen-bond donors (Lipinski definition) is 2. The Kier molecular flexibility index (Phi) is 3.71. The summed E-state index contributed by atoms with van der Waals surface area (Å²) in [4.78, 5) is 2.50. The van der Waals surface area contributed by atoms with Gasteiger partial charge in [0, 0.05) is 38.8 Å². The average molecular weight is 185 g/mol. The van der Waals surface area contributed by atoms with Crippen LogP contribution in [0, 0.1) is 5.41 Å². The Balaban J connectivity index is 2.37. The van der Waals surface area contributed by atoms with Crippen LogP contribution in [0.1, 0.15) is 20.8 Å². The first-order chi connectivity index (χ1) is 6.02. The minimum Gasteiger partial charge on any atom is -0.327 e. The summed E-state index contributed by atoms with van der Waals surface area (Å²) in [6.07, 6.45) is 0. The van der Waals surface area contributed by atoms with Crippen LogP contribution < -0.4 is 11.1 Å². The van der Waals surface area contributed by atoms with Crippen LogP contribution in [0.3, 0.4) is 0 Å². The molecule has 0 amide bonds. The number of nitrogens with two attached hydrogens (primary N) is 1. The molecule has 1 atom stereocenters. The van der Waals surface area contributed by atoms with Gasteiger partial charge in [-0.1, -0.05) is 13.8 Å². The van der Waals surface area contributed by atoms with E-state index in [1.807, 2.05) is 0 Å². The molecule has 1 aliphatic heterocycles. The van der Waals surface area contributed by atoms with E-state index < -0.39 is 0 Å². The average Bonchev–Trinajstić information content (AvgIpc) is 2.05. The van der Waals surface area contributed by atoms with Gasteiger partial charge in [0.25, 0.3) is 0 Å². The molecule has 0 radical (unpaired) electrons. The van der Waals surface area contributed by atoms with E-state index in [9.17, 15) is 0 Å². The minimum atomic E-state index is 0.233. The highest BCUT2D eigenvalue weighted by atomic mass is 15.2. The van der Waals surface area contributed by atoms with Crippen molar-refractivity contribution in [3.63, 3.8) is 0 Å². The quantitative estimate of drug-likeness (QED) is 0.663. The molecule has 0 bridgehead atoms. The summed E-state index contributed by atoms with van der Waals surface area (Å²) in [6.45, 7) is 12.3. The zero-order valence-electron chi connectivity index (χ0n) is 9.14. The number of hydrogen-bond acceptors (Lipinski definition) is 3. The van der Waals surface area contributed by atoms with Crippen molar-refractivity contribution >= 4 is 0 Å². The monoisotopic (exact) mass is 185 g/mol. The minimum absolute atomic E-state index is 0.233. The fourth-order valence-corrected chi connectivity index (χ4v) is 1.59. The van der Waals surface area contributed by atoms with Crippen molar-refractivity contribution < 1.29 is 0 Å². The van der Waals surface area contributed by atoms with Crippen LogP contribution in [-0.2, 0) is 0 Å². The third-order valence-electron chi connectivity index (χ3n) is 3.07. The van der Waals surface area contributed by atoms with Crippen LogP contribution in [-0.4, -0.2) is 43.7 Å². The Labute approximate surface area is 81.7 Å². The Morgan fingerprint density at radius 1 is 1.38 bits per heavy atom. The van der Waals surface area contributed by atoms with Gasteiger partial charge in [0.05, 0.1) is 0 Å². The van der Waals surface area contributed by atoms with Gasteiger partial charge in [-0.05, 0) is 12.3 Å². The highest BCUT2D eigenvalue weighted by Crippen LogP contribution is 2.20. The van der Waals surface area contributed by atoms with Crippen molar-refractivity contribution in [1.82, 2.24) is 10.2 Å². The highest BCUT2D eigenvalue weighted by Gasteiger charge is 2.26. The molecule has 1 unspecified atom stereocenters. The second-order valence-corrected chi connectivity index (χ2v) is 4.80. The van der Waals surface area contributed by atoms with E-state index in [0.717, 1.165) is 32.7 Å². The molecule has 13 heavy (non-hydrogen) atoms. The van der Waals surface area contributed by atoms with Gasteiger partial charge in [-0.15, -0.1) is 0 Å². The largest absolute Gasteiger partial charge is 0.327 e. The zero-order chi connectivity index (χ0) is 9.90. The maximum Gasteiger partial charge on any atom is 0.0108 e. The number of nitrogens with zero attached hydrogens (tertiary/aromatic N) is 1. The molecule has 1 fully saturated rings. The van der Waals surface area contributed by atoms with E-state index >= 15 is 0 Å². The molecular formula is C10H23N3. The summed E-state index contributed by atoms with van der Waals surface area (Å²) < 4.78 is 0. The molecule has 0 aromatic rings. The molecule has 1 heterocycles. The first-order valence-electron chi connectivity index (χ1n) is 5.21. The van der Waals surface area contributed by atoms with Gasteiger partial charge >= 0.3 is 0 Å². The van der Waals surface area contributed by atoms with Crippen molar-refractivity contribution in [3.8, 4) is 0 Å². The van der Waals surface area contributed by atoms with Crippen molar-refractivity contribution in [2.75, 3.05) is 32.7 Å². The summed E-state index contributed by atoms with van der Waals surface area (Å²) in [5, 5.41) is 3.36. The van der Waals surface area contributed by atoms with Crippen molar-refractivity contribution in [2.24, 2.45) is 11.1 Å². The molecule has 1 rings (SSSR count). The van der Waals surface area contributed by atoms with Crippen molar-refractivity contribution in [3.05, 3.63) is 0 Å². The molecule has 0 spiro atoms. The van der Waals surface area contributed by atoms with Gasteiger partial charge in [0.15, 0.2) is 0 Å². The van der Waals surface area contributed by atoms with E-state index in [1.54, 1.807) is 0 Å². The SMILES string of the molecule is CC(N)C(C)(C)CN1CCNCC1. The third kappa shape index (κ3) is 3.25. The Morgan fingerprint density at radius 2 is 1.92 bits per heavy atom. The third-order valence-corrected chi connectivity index (χ3v) is 3.07. The second-order valence-electron chi connectivity index (χ2n) is 4.80. The van der Waals surface area contributed by atoms with Crippen LogP contribution in [0.2, 0.25) is 0 Å². The summed E-state index contributed by atoms with van der Waals surface area (Å²) >= 11 is 0. The lowest BCUT2D eigenvalue weighted by Crippen LogP contribution is -2.50. The lowest BCUT2D eigenvalue weighted by atomic mass is 9.85. The van der Waals surface area contributed by atoms with Crippen LogP contribution in [0.4, 0.5) is 0 Å². The standard InChI is InChI=1S/C10H23N3/c1-9(11)10(2,3)8-13-6-4-12-5-7-13/h9,12H,4-8,11H2,1-3H3. The Hall–Kier alpha value is -0.120. The Morgan fingerprint density at radius 3 is 2.38 bits per heavy atom. The predicted octanol–water partition coefficient (Wildman–Crippen LogP) is 0.265. The van der Waals surface area contributed by atoms with E-state index in [0.29, 0.717) is 0 Å². The summed E-state index contributed by atoms with van der Waals surface area (Å²) in [7, 11) is 0. The molecule has 0 aromatic heterocycles. The Bertz CT molecular complexity index is 148. The molecule has 3 heteroatoms. The normalized spacial score (nSPS) is 23.1. The van der Waals surface area contributed by atoms with Gasteiger partial charge in [-0.25, -0.2) is 0 Å². The lowest BCUT2D eigenvalue weighted by molar-refractivity contribution is 0.143. The van der Waals surface area contributed by atoms with Gasteiger partial charge in [0.1, 0.15) is 0 Å². The van der Waals surface area contributed by atoms with E-state index in [4.69, 9.17) is 5.73 Å². The van der Waals surface area contributed by atoms with E-state index in [2.05, 4.69) is 31.0 Å². The van der Waals surface area contributed by atoms with Crippen LogP contribution in [0.5, 0.6) is 0 Å². The smallest absolute Gasteiger partial charge is 0.0108 e. The van der Waals surface area contributed by atoms with Crippen LogP contribution >= 0.6 is 0 Å². The summed E-state index contributed by atoms with van der Waals surface area (Å²) in [6, 6.07) is 0.266. The number of nitrogens with one attached hydrogen (secondary N) is 1. The van der Waals surface area contributed by atoms with Crippen LogP contribution in [0.25, 0.3) is 0 Å². The first-order valence-corrected chi connectivity index (χ1v) is 5.21.